The summed E-state index contributed by atoms with van der Waals surface area (Å²) < 4.78 is 29.0. The second-order valence-corrected chi connectivity index (χ2v) is 4.80. The van der Waals surface area contributed by atoms with Crippen molar-refractivity contribution in [1.29, 1.82) is 0 Å². The highest BCUT2D eigenvalue weighted by molar-refractivity contribution is 5.43. The number of aryl methyl sites for hydroxylation is 1. The zero-order chi connectivity index (χ0) is 12.6. The Balaban J connectivity index is 2.31. The van der Waals surface area contributed by atoms with Crippen LogP contribution in [0.25, 0.3) is 0 Å². The highest BCUT2D eigenvalue weighted by Gasteiger charge is 2.47. The number of benzene rings is 1. The van der Waals surface area contributed by atoms with Crippen molar-refractivity contribution in [3.8, 4) is 5.75 Å². The smallest absolute Gasteiger partial charge is 0.387 e. The molecule has 0 saturated heterocycles. The Hall–Kier alpha value is -1.16. The molecule has 0 aromatic heterocycles. The molecule has 1 atom stereocenters. The molecule has 1 aromatic carbocycles. The Morgan fingerprint density at radius 2 is 2.00 bits per heavy atom. The van der Waals surface area contributed by atoms with E-state index in [0.717, 1.165) is 24.0 Å². The molecule has 1 unspecified atom stereocenters. The fourth-order valence-corrected chi connectivity index (χ4v) is 2.27. The van der Waals surface area contributed by atoms with Gasteiger partial charge in [-0.25, -0.2) is 0 Å². The van der Waals surface area contributed by atoms with Crippen molar-refractivity contribution in [3.63, 3.8) is 0 Å². The number of hydrogen-bond donors (Lipinski definition) is 1. The Morgan fingerprint density at radius 3 is 2.47 bits per heavy atom. The minimum absolute atomic E-state index is 0.0320. The molecule has 2 rings (SSSR count). The summed E-state index contributed by atoms with van der Waals surface area (Å²) in [5, 5.41) is 0. The summed E-state index contributed by atoms with van der Waals surface area (Å²) in [6.07, 6.45) is 2.03. The molecule has 0 amide bonds. The van der Waals surface area contributed by atoms with E-state index in [0.29, 0.717) is 0 Å². The van der Waals surface area contributed by atoms with Crippen molar-refractivity contribution in [2.45, 2.75) is 44.8 Å². The van der Waals surface area contributed by atoms with Gasteiger partial charge in [-0.05, 0) is 43.9 Å². The molecule has 1 aromatic rings. The third-order valence-corrected chi connectivity index (χ3v) is 3.64. The van der Waals surface area contributed by atoms with Gasteiger partial charge in [0.25, 0.3) is 0 Å². The van der Waals surface area contributed by atoms with E-state index in [1.165, 1.54) is 0 Å². The number of hydrogen-bond acceptors (Lipinski definition) is 2. The predicted molar refractivity (Wildman–Crippen MR) is 62.4 cm³/mol. The summed E-state index contributed by atoms with van der Waals surface area (Å²) in [5.74, 6) is 0.254. The molecule has 2 nitrogen and oxygen atoms in total. The van der Waals surface area contributed by atoms with Gasteiger partial charge in [-0.3, -0.25) is 0 Å². The van der Waals surface area contributed by atoms with Crippen LogP contribution < -0.4 is 10.5 Å². The maximum absolute atomic E-state index is 12.3. The lowest BCUT2D eigenvalue weighted by atomic mass is 9.89. The van der Waals surface area contributed by atoms with E-state index in [9.17, 15) is 8.78 Å². The highest BCUT2D eigenvalue weighted by atomic mass is 19.3. The van der Waals surface area contributed by atoms with Crippen molar-refractivity contribution in [2.75, 3.05) is 0 Å². The number of ether oxygens (including phenoxy) is 1. The van der Waals surface area contributed by atoms with Crippen LogP contribution in [0.4, 0.5) is 8.78 Å². The molecular weight excluding hydrogens is 224 g/mol. The lowest BCUT2D eigenvalue weighted by Gasteiger charge is -2.21. The van der Waals surface area contributed by atoms with Crippen LogP contribution >= 0.6 is 0 Å². The maximum Gasteiger partial charge on any atom is 0.387 e. The Labute approximate surface area is 99.8 Å². The average molecular weight is 241 g/mol. The van der Waals surface area contributed by atoms with Crippen molar-refractivity contribution in [2.24, 2.45) is 5.73 Å². The van der Waals surface area contributed by atoms with Gasteiger partial charge in [0.1, 0.15) is 5.75 Å². The standard InChI is InChI=1S/C13H17F2NO/c1-8-3-4-10(7-11(8)17-12(14)15)13(5-6-13)9(2)16/h3-4,7,9,12H,5-6,16H2,1-2H3. The van der Waals surface area contributed by atoms with Gasteiger partial charge < -0.3 is 10.5 Å². The van der Waals surface area contributed by atoms with E-state index in [-0.39, 0.29) is 17.2 Å². The molecule has 2 N–H and O–H groups in total. The second kappa shape index (κ2) is 4.26. The molecule has 4 heteroatoms. The van der Waals surface area contributed by atoms with Gasteiger partial charge in [0.2, 0.25) is 0 Å². The van der Waals surface area contributed by atoms with E-state index in [1.807, 2.05) is 19.1 Å². The highest BCUT2D eigenvalue weighted by Crippen LogP contribution is 2.51. The third-order valence-electron chi connectivity index (χ3n) is 3.64. The third kappa shape index (κ3) is 2.27. The van der Waals surface area contributed by atoms with Gasteiger partial charge in [-0.1, -0.05) is 12.1 Å². The van der Waals surface area contributed by atoms with Crippen molar-refractivity contribution < 1.29 is 13.5 Å². The molecule has 0 spiro atoms. The summed E-state index contributed by atoms with van der Waals surface area (Å²) in [6.45, 7) is 0.933. The van der Waals surface area contributed by atoms with Crippen LogP contribution in [0, 0.1) is 6.92 Å². The normalized spacial score (nSPS) is 19.2. The van der Waals surface area contributed by atoms with Crippen molar-refractivity contribution in [1.82, 2.24) is 0 Å². The summed E-state index contributed by atoms with van der Waals surface area (Å²) in [6, 6.07) is 5.52. The van der Waals surface area contributed by atoms with E-state index in [1.54, 1.807) is 13.0 Å². The largest absolute Gasteiger partial charge is 0.435 e. The van der Waals surface area contributed by atoms with Gasteiger partial charge in [-0.15, -0.1) is 0 Å². The quantitative estimate of drug-likeness (QED) is 0.879. The summed E-state index contributed by atoms with van der Waals surface area (Å²) >= 11 is 0. The van der Waals surface area contributed by atoms with Gasteiger partial charge >= 0.3 is 6.61 Å². The van der Waals surface area contributed by atoms with Crippen molar-refractivity contribution >= 4 is 0 Å². The number of nitrogens with two attached hydrogens (primary N) is 1. The first kappa shape index (κ1) is 12.3. The van der Waals surface area contributed by atoms with Crippen molar-refractivity contribution in [3.05, 3.63) is 29.3 Å². The molecule has 1 saturated carbocycles. The van der Waals surface area contributed by atoms with Gasteiger partial charge in [0, 0.05) is 11.5 Å². The van der Waals surface area contributed by atoms with Crippen LogP contribution in [0.1, 0.15) is 30.9 Å². The Morgan fingerprint density at radius 1 is 1.35 bits per heavy atom. The monoisotopic (exact) mass is 241 g/mol. The predicted octanol–water partition coefficient (Wildman–Crippen LogP) is 2.98. The average Bonchev–Trinajstić information content (AvgIpc) is 3.01. The molecule has 0 aliphatic heterocycles. The molecule has 0 heterocycles. The lowest BCUT2D eigenvalue weighted by molar-refractivity contribution is -0.0503. The second-order valence-electron chi connectivity index (χ2n) is 4.80. The SMILES string of the molecule is Cc1ccc(C2(C(C)N)CC2)cc1OC(F)F. The van der Waals surface area contributed by atoms with E-state index in [2.05, 4.69) is 4.74 Å². The van der Waals surface area contributed by atoms with Crippen LogP contribution in [0.2, 0.25) is 0 Å². The van der Waals surface area contributed by atoms with Crippen LogP contribution in [-0.2, 0) is 5.41 Å². The van der Waals surface area contributed by atoms with E-state index in [4.69, 9.17) is 5.73 Å². The van der Waals surface area contributed by atoms with Crippen LogP contribution in [0.3, 0.4) is 0 Å². The van der Waals surface area contributed by atoms with Gasteiger partial charge in [-0.2, -0.15) is 8.78 Å². The summed E-state index contributed by atoms with van der Waals surface area (Å²) in [7, 11) is 0. The maximum atomic E-state index is 12.3. The fourth-order valence-electron chi connectivity index (χ4n) is 2.27. The van der Waals surface area contributed by atoms with Crippen LogP contribution in [0.5, 0.6) is 5.75 Å². The topological polar surface area (TPSA) is 35.2 Å². The van der Waals surface area contributed by atoms with Crippen LogP contribution in [0.15, 0.2) is 18.2 Å². The first-order chi connectivity index (χ1) is 7.95. The molecule has 1 fully saturated rings. The van der Waals surface area contributed by atoms with E-state index < -0.39 is 6.61 Å². The molecule has 17 heavy (non-hydrogen) atoms. The zero-order valence-electron chi connectivity index (χ0n) is 10.0. The first-order valence-electron chi connectivity index (χ1n) is 5.77. The number of rotatable bonds is 4. The molecular formula is C13H17F2NO. The van der Waals surface area contributed by atoms with Gasteiger partial charge in [0.15, 0.2) is 0 Å². The molecule has 1 aliphatic rings. The molecule has 94 valence electrons. The van der Waals surface area contributed by atoms with Crippen LogP contribution in [-0.4, -0.2) is 12.7 Å². The number of halogens is 2. The minimum Gasteiger partial charge on any atom is -0.435 e. The first-order valence-corrected chi connectivity index (χ1v) is 5.77. The van der Waals surface area contributed by atoms with E-state index >= 15 is 0 Å². The van der Waals surface area contributed by atoms with Gasteiger partial charge in [0.05, 0.1) is 0 Å². The fraction of sp³-hybridized carbons (Fsp3) is 0.538. The number of alkyl halides is 2. The zero-order valence-corrected chi connectivity index (χ0v) is 10.0. The summed E-state index contributed by atoms with van der Waals surface area (Å²) in [5.41, 5.74) is 7.66. The molecule has 0 bridgehead atoms. The molecule has 1 aliphatic carbocycles. The summed E-state index contributed by atoms with van der Waals surface area (Å²) in [4.78, 5) is 0. The lowest BCUT2D eigenvalue weighted by Crippen LogP contribution is -2.31. The Bertz CT molecular complexity index is 414. The Kier molecular flexibility index (Phi) is 3.08. The molecule has 0 radical (unpaired) electrons. The minimum atomic E-state index is -2.78.